The zero-order valence-corrected chi connectivity index (χ0v) is 12.9. The third-order valence-electron chi connectivity index (χ3n) is 4.93. The summed E-state index contributed by atoms with van der Waals surface area (Å²) in [5.41, 5.74) is 7.22. The molecular formula is C15H26N4O. The Kier molecular flexibility index (Phi) is 4.35. The fourth-order valence-electron chi connectivity index (χ4n) is 3.06. The fourth-order valence-corrected chi connectivity index (χ4v) is 3.06. The molecule has 0 bridgehead atoms. The molecule has 112 valence electrons. The maximum atomic E-state index is 12.5. The van der Waals surface area contributed by atoms with Crippen LogP contribution in [0.2, 0.25) is 0 Å². The van der Waals surface area contributed by atoms with Crippen LogP contribution in [0.3, 0.4) is 0 Å². The average molecular weight is 278 g/mol. The van der Waals surface area contributed by atoms with E-state index in [4.69, 9.17) is 5.73 Å². The number of carbonyl (C=O) groups is 1. The summed E-state index contributed by atoms with van der Waals surface area (Å²) in [5, 5.41) is 4.28. The second-order valence-corrected chi connectivity index (χ2v) is 5.79. The average Bonchev–Trinajstić information content (AvgIpc) is 2.88. The molecule has 1 aromatic heterocycles. The first kappa shape index (κ1) is 14.9. The maximum absolute atomic E-state index is 12.5. The Bertz CT molecular complexity index is 466. The molecule has 5 nitrogen and oxygen atoms in total. The molecule has 1 aliphatic rings. The number of likely N-dealkylation sites (tertiary alicyclic amines) is 1. The lowest BCUT2D eigenvalue weighted by Crippen LogP contribution is -2.43. The number of nitrogen functional groups attached to an aromatic ring is 1. The standard InChI is InChI=1S/C15H26N4O/c1-4-15(5-2)7-9-18(10-8-15)14(20)13-12(16)11-19(6-3)17-13/h11H,4-10,16H2,1-3H3. The highest BCUT2D eigenvalue weighted by atomic mass is 16.2. The van der Waals surface area contributed by atoms with Crippen LogP contribution in [-0.2, 0) is 6.54 Å². The molecule has 5 heteroatoms. The first-order valence-corrected chi connectivity index (χ1v) is 7.67. The van der Waals surface area contributed by atoms with Crippen molar-refractivity contribution in [3.8, 4) is 0 Å². The number of carbonyl (C=O) groups excluding carboxylic acids is 1. The summed E-state index contributed by atoms with van der Waals surface area (Å²) in [4.78, 5) is 14.4. The van der Waals surface area contributed by atoms with Crippen molar-refractivity contribution in [1.82, 2.24) is 14.7 Å². The molecular weight excluding hydrogens is 252 g/mol. The van der Waals surface area contributed by atoms with Crippen molar-refractivity contribution in [2.45, 2.75) is 53.0 Å². The fraction of sp³-hybridized carbons (Fsp3) is 0.733. The number of aryl methyl sites for hydroxylation is 1. The second-order valence-electron chi connectivity index (χ2n) is 5.79. The van der Waals surface area contributed by atoms with Gasteiger partial charge >= 0.3 is 0 Å². The summed E-state index contributed by atoms with van der Waals surface area (Å²) in [6.45, 7) is 8.85. The number of hydrogen-bond acceptors (Lipinski definition) is 3. The summed E-state index contributed by atoms with van der Waals surface area (Å²) >= 11 is 0. The molecule has 2 rings (SSSR count). The number of rotatable bonds is 4. The van der Waals surface area contributed by atoms with Gasteiger partial charge in [-0.15, -0.1) is 0 Å². The summed E-state index contributed by atoms with van der Waals surface area (Å²) < 4.78 is 1.72. The molecule has 0 unspecified atom stereocenters. The zero-order chi connectivity index (χ0) is 14.8. The first-order chi connectivity index (χ1) is 9.55. The first-order valence-electron chi connectivity index (χ1n) is 7.67. The van der Waals surface area contributed by atoms with Gasteiger partial charge < -0.3 is 10.6 Å². The van der Waals surface area contributed by atoms with E-state index in [1.165, 1.54) is 12.8 Å². The largest absolute Gasteiger partial charge is 0.396 e. The van der Waals surface area contributed by atoms with Crippen LogP contribution in [0.5, 0.6) is 0 Å². The van der Waals surface area contributed by atoms with Crippen molar-refractivity contribution in [2.75, 3.05) is 18.8 Å². The highest BCUT2D eigenvalue weighted by Gasteiger charge is 2.34. The Labute approximate surface area is 121 Å². The topological polar surface area (TPSA) is 64.2 Å². The van der Waals surface area contributed by atoms with Crippen LogP contribution in [0.15, 0.2) is 6.20 Å². The van der Waals surface area contributed by atoms with E-state index >= 15 is 0 Å². The van der Waals surface area contributed by atoms with Gasteiger partial charge in [0.2, 0.25) is 0 Å². The highest BCUT2D eigenvalue weighted by Crippen LogP contribution is 2.38. The van der Waals surface area contributed by atoms with Gasteiger partial charge in [0.15, 0.2) is 5.69 Å². The van der Waals surface area contributed by atoms with Gasteiger partial charge in [-0.05, 0) is 25.2 Å². The normalized spacial score (nSPS) is 18.2. The number of piperidine rings is 1. The Balaban J connectivity index is 2.06. The lowest BCUT2D eigenvalue weighted by atomic mass is 9.74. The minimum atomic E-state index is -0.0180. The van der Waals surface area contributed by atoms with Crippen molar-refractivity contribution in [3.05, 3.63) is 11.9 Å². The molecule has 1 aliphatic heterocycles. The molecule has 0 spiro atoms. The Hall–Kier alpha value is -1.52. The van der Waals surface area contributed by atoms with Crippen LogP contribution in [0.4, 0.5) is 5.69 Å². The maximum Gasteiger partial charge on any atom is 0.276 e. The monoisotopic (exact) mass is 278 g/mol. The smallest absolute Gasteiger partial charge is 0.276 e. The van der Waals surface area contributed by atoms with E-state index in [0.717, 1.165) is 32.5 Å². The minimum absolute atomic E-state index is 0.0180. The van der Waals surface area contributed by atoms with Gasteiger partial charge in [0.05, 0.1) is 5.69 Å². The molecule has 0 atom stereocenters. The summed E-state index contributed by atoms with van der Waals surface area (Å²) in [7, 11) is 0. The highest BCUT2D eigenvalue weighted by molar-refractivity contribution is 5.97. The summed E-state index contributed by atoms with van der Waals surface area (Å²) in [5.74, 6) is -0.0180. The van der Waals surface area contributed by atoms with E-state index in [0.29, 0.717) is 16.8 Å². The van der Waals surface area contributed by atoms with Crippen LogP contribution in [0, 0.1) is 5.41 Å². The molecule has 2 heterocycles. The number of hydrogen-bond donors (Lipinski definition) is 1. The Morgan fingerprint density at radius 2 is 1.90 bits per heavy atom. The Morgan fingerprint density at radius 3 is 2.35 bits per heavy atom. The molecule has 20 heavy (non-hydrogen) atoms. The lowest BCUT2D eigenvalue weighted by Gasteiger charge is -2.40. The minimum Gasteiger partial charge on any atom is -0.396 e. The van der Waals surface area contributed by atoms with Gasteiger partial charge in [-0.2, -0.15) is 5.10 Å². The second kappa shape index (κ2) is 5.85. The predicted octanol–water partition coefficient (Wildman–Crippen LogP) is 2.53. The van der Waals surface area contributed by atoms with Crippen molar-refractivity contribution >= 4 is 11.6 Å². The Morgan fingerprint density at radius 1 is 1.30 bits per heavy atom. The van der Waals surface area contributed by atoms with Gasteiger partial charge in [0.25, 0.3) is 5.91 Å². The van der Waals surface area contributed by atoms with Gasteiger partial charge in [-0.3, -0.25) is 9.48 Å². The third-order valence-corrected chi connectivity index (χ3v) is 4.93. The summed E-state index contributed by atoms with van der Waals surface area (Å²) in [6, 6.07) is 0. The molecule has 0 radical (unpaired) electrons. The van der Waals surface area contributed by atoms with E-state index in [1.807, 2.05) is 11.8 Å². The molecule has 0 saturated carbocycles. The molecule has 1 amide bonds. The number of amides is 1. The van der Waals surface area contributed by atoms with E-state index < -0.39 is 0 Å². The van der Waals surface area contributed by atoms with Crippen molar-refractivity contribution in [2.24, 2.45) is 5.41 Å². The predicted molar refractivity (Wildman–Crippen MR) is 80.5 cm³/mol. The van der Waals surface area contributed by atoms with E-state index in [9.17, 15) is 4.79 Å². The van der Waals surface area contributed by atoms with Gasteiger partial charge in [-0.1, -0.05) is 26.7 Å². The van der Waals surface area contributed by atoms with E-state index in [1.54, 1.807) is 10.9 Å². The third kappa shape index (κ3) is 2.67. The van der Waals surface area contributed by atoms with Gasteiger partial charge in [-0.25, -0.2) is 0 Å². The number of aromatic nitrogens is 2. The number of anilines is 1. The van der Waals surface area contributed by atoms with Gasteiger partial charge in [0.1, 0.15) is 0 Å². The van der Waals surface area contributed by atoms with Crippen molar-refractivity contribution in [1.29, 1.82) is 0 Å². The molecule has 1 fully saturated rings. The van der Waals surface area contributed by atoms with Gasteiger partial charge in [0, 0.05) is 25.8 Å². The van der Waals surface area contributed by atoms with E-state index in [2.05, 4.69) is 18.9 Å². The molecule has 1 saturated heterocycles. The zero-order valence-electron chi connectivity index (χ0n) is 12.9. The molecule has 2 N–H and O–H groups in total. The molecule has 0 aromatic carbocycles. The number of nitrogens with zero attached hydrogens (tertiary/aromatic N) is 3. The van der Waals surface area contributed by atoms with Crippen LogP contribution in [0.1, 0.15) is 56.9 Å². The SMILES string of the molecule is CCn1cc(N)c(C(=O)N2CCC(CC)(CC)CC2)n1. The van der Waals surface area contributed by atoms with Crippen molar-refractivity contribution in [3.63, 3.8) is 0 Å². The van der Waals surface area contributed by atoms with Crippen LogP contribution in [0.25, 0.3) is 0 Å². The lowest BCUT2D eigenvalue weighted by molar-refractivity contribution is 0.0552. The molecule has 1 aromatic rings. The quantitative estimate of drug-likeness (QED) is 0.920. The van der Waals surface area contributed by atoms with Crippen LogP contribution in [-0.4, -0.2) is 33.7 Å². The van der Waals surface area contributed by atoms with Crippen molar-refractivity contribution < 1.29 is 4.79 Å². The van der Waals surface area contributed by atoms with Crippen LogP contribution >= 0.6 is 0 Å². The van der Waals surface area contributed by atoms with Crippen LogP contribution < -0.4 is 5.73 Å². The molecule has 0 aliphatic carbocycles. The van der Waals surface area contributed by atoms with E-state index in [-0.39, 0.29) is 5.91 Å². The number of nitrogens with two attached hydrogens (primary N) is 1. The summed E-state index contributed by atoms with van der Waals surface area (Å²) in [6.07, 6.45) is 6.29.